The molecule has 0 saturated heterocycles. The van der Waals surface area contributed by atoms with Crippen molar-refractivity contribution in [3.05, 3.63) is 39.7 Å². The van der Waals surface area contributed by atoms with E-state index in [4.69, 9.17) is 10.2 Å². The van der Waals surface area contributed by atoms with Gasteiger partial charge in [0.05, 0.1) is 5.56 Å². The molecule has 0 saturated carbocycles. The lowest BCUT2D eigenvalue weighted by atomic mass is 10.1. The van der Waals surface area contributed by atoms with Crippen LogP contribution in [0.15, 0.2) is 27.4 Å². The van der Waals surface area contributed by atoms with Crippen LogP contribution in [0.25, 0.3) is 11.0 Å². The van der Waals surface area contributed by atoms with Crippen LogP contribution in [0.1, 0.15) is 11.1 Å². The Labute approximate surface area is 85.9 Å². The molecule has 78 valence electrons. The van der Waals surface area contributed by atoms with E-state index < -0.39 is 5.63 Å². The number of aryl methyl sites for hydroxylation is 1. The maximum Gasteiger partial charge on any atom is 0.341 e. The fourth-order valence-electron chi connectivity index (χ4n) is 1.62. The van der Waals surface area contributed by atoms with E-state index in [0.717, 1.165) is 10.9 Å². The minimum absolute atomic E-state index is 0.0746. The molecule has 0 unspecified atom stereocenters. The highest BCUT2D eigenvalue weighted by Gasteiger charge is 2.09. The molecule has 2 rings (SSSR count). The first-order chi connectivity index (χ1) is 7.13. The molecule has 0 bridgehead atoms. The second-order valence-corrected chi connectivity index (χ2v) is 3.38. The predicted octanol–water partition coefficient (Wildman–Crippen LogP) is 1.27. The Morgan fingerprint density at radius 2 is 2.20 bits per heavy atom. The normalized spacial score (nSPS) is 10.8. The van der Waals surface area contributed by atoms with Crippen molar-refractivity contribution in [2.24, 2.45) is 5.73 Å². The number of nitrogens with two attached hydrogens (primary N) is 1. The van der Waals surface area contributed by atoms with Crippen molar-refractivity contribution in [1.29, 1.82) is 0 Å². The van der Waals surface area contributed by atoms with E-state index in [0.29, 0.717) is 11.1 Å². The molecule has 1 heterocycles. The first-order valence-corrected chi connectivity index (χ1v) is 4.59. The average molecular weight is 205 g/mol. The monoisotopic (exact) mass is 205 g/mol. The summed E-state index contributed by atoms with van der Waals surface area (Å²) in [6.45, 7) is 1.98. The van der Waals surface area contributed by atoms with Gasteiger partial charge in [-0.15, -0.1) is 0 Å². The Hall–Kier alpha value is -1.81. The lowest BCUT2D eigenvalue weighted by molar-refractivity contribution is 0.472. The van der Waals surface area contributed by atoms with E-state index in [9.17, 15) is 9.90 Å². The van der Waals surface area contributed by atoms with Gasteiger partial charge in [0.1, 0.15) is 11.3 Å². The van der Waals surface area contributed by atoms with Crippen LogP contribution in [0.3, 0.4) is 0 Å². The molecule has 0 atom stereocenters. The molecule has 1 aromatic heterocycles. The third-order valence-electron chi connectivity index (χ3n) is 2.48. The van der Waals surface area contributed by atoms with Gasteiger partial charge in [0, 0.05) is 18.0 Å². The lowest BCUT2D eigenvalue weighted by Gasteiger charge is -2.05. The molecule has 0 aliphatic heterocycles. The van der Waals surface area contributed by atoms with E-state index in [1.165, 1.54) is 6.07 Å². The summed E-state index contributed by atoms with van der Waals surface area (Å²) in [5.41, 5.74) is 6.70. The molecular formula is C11H11NO3. The third kappa shape index (κ3) is 1.49. The lowest BCUT2D eigenvalue weighted by Crippen LogP contribution is -2.14. The fraction of sp³-hybridized carbons (Fsp3) is 0.182. The molecule has 0 fully saturated rings. The fourth-order valence-corrected chi connectivity index (χ4v) is 1.62. The Morgan fingerprint density at radius 1 is 1.47 bits per heavy atom. The van der Waals surface area contributed by atoms with Crippen LogP contribution in [0.4, 0.5) is 0 Å². The van der Waals surface area contributed by atoms with Gasteiger partial charge in [-0.25, -0.2) is 4.79 Å². The highest BCUT2D eigenvalue weighted by atomic mass is 16.4. The molecule has 0 radical (unpaired) electrons. The highest BCUT2D eigenvalue weighted by Crippen LogP contribution is 2.22. The zero-order valence-electron chi connectivity index (χ0n) is 8.28. The summed E-state index contributed by atoms with van der Waals surface area (Å²) < 4.78 is 5.05. The number of phenolic OH excluding ortho intramolecular Hbond substituents is 1. The maximum atomic E-state index is 11.5. The van der Waals surface area contributed by atoms with E-state index in [2.05, 4.69) is 0 Å². The minimum atomic E-state index is -0.437. The Bertz CT molecular complexity index is 572. The van der Waals surface area contributed by atoms with Gasteiger partial charge in [-0.3, -0.25) is 0 Å². The Balaban J connectivity index is 2.91. The van der Waals surface area contributed by atoms with Gasteiger partial charge in [-0.05, 0) is 24.6 Å². The largest absolute Gasteiger partial charge is 0.508 e. The summed E-state index contributed by atoms with van der Waals surface area (Å²) in [5, 5.41) is 10.1. The topological polar surface area (TPSA) is 76.5 Å². The molecule has 0 spiro atoms. The minimum Gasteiger partial charge on any atom is -0.508 e. The van der Waals surface area contributed by atoms with Gasteiger partial charge in [0.15, 0.2) is 0 Å². The molecule has 0 aliphatic carbocycles. The number of phenols is 1. The van der Waals surface area contributed by atoms with Crippen LogP contribution in [-0.4, -0.2) is 5.11 Å². The predicted molar refractivity (Wildman–Crippen MR) is 56.8 cm³/mol. The molecule has 1 aromatic carbocycles. The average Bonchev–Trinajstić information content (AvgIpc) is 2.17. The summed E-state index contributed by atoms with van der Waals surface area (Å²) in [6.07, 6.45) is 0. The van der Waals surface area contributed by atoms with Crippen molar-refractivity contribution in [3.63, 3.8) is 0 Å². The first-order valence-electron chi connectivity index (χ1n) is 4.59. The Kier molecular flexibility index (Phi) is 2.21. The van der Waals surface area contributed by atoms with E-state index in [-0.39, 0.29) is 12.3 Å². The van der Waals surface area contributed by atoms with Gasteiger partial charge < -0.3 is 15.3 Å². The summed E-state index contributed by atoms with van der Waals surface area (Å²) in [7, 11) is 0. The second-order valence-electron chi connectivity index (χ2n) is 3.38. The number of rotatable bonds is 1. The van der Waals surface area contributed by atoms with E-state index in [1.54, 1.807) is 12.1 Å². The van der Waals surface area contributed by atoms with Gasteiger partial charge in [0.25, 0.3) is 0 Å². The van der Waals surface area contributed by atoms with Crippen LogP contribution in [0.5, 0.6) is 5.75 Å². The van der Waals surface area contributed by atoms with Crippen LogP contribution in [0, 0.1) is 6.92 Å². The SMILES string of the molecule is Cc1c(CN)c(=O)oc2cc(O)ccc12. The summed E-state index contributed by atoms with van der Waals surface area (Å²) in [5.74, 6) is 0.0746. The second kappa shape index (κ2) is 3.40. The Morgan fingerprint density at radius 3 is 2.87 bits per heavy atom. The molecular weight excluding hydrogens is 194 g/mol. The number of hydrogen-bond acceptors (Lipinski definition) is 4. The number of hydrogen-bond donors (Lipinski definition) is 2. The smallest absolute Gasteiger partial charge is 0.341 e. The standard InChI is InChI=1S/C11H11NO3/c1-6-8-3-2-7(13)4-10(8)15-11(14)9(6)5-12/h2-4,13H,5,12H2,1H3. The molecule has 2 aromatic rings. The van der Waals surface area contributed by atoms with Crippen molar-refractivity contribution in [1.82, 2.24) is 0 Å². The first kappa shape index (κ1) is 9.73. The molecule has 15 heavy (non-hydrogen) atoms. The van der Waals surface area contributed by atoms with Crippen molar-refractivity contribution < 1.29 is 9.52 Å². The van der Waals surface area contributed by atoms with E-state index in [1.807, 2.05) is 6.92 Å². The third-order valence-corrected chi connectivity index (χ3v) is 2.48. The zero-order valence-corrected chi connectivity index (χ0v) is 8.28. The van der Waals surface area contributed by atoms with Crippen molar-refractivity contribution in [2.75, 3.05) is 0 Å². The summed E-state index contributed by atoms with van der Waals surface area (Å²) in [4.78, 5) is 11.5. The number of benzene rings is 1. The molecule has 3 N–H and O–H groups in total. The van der Waals surface area contributed by atoms with Crippen molar-refractivity contribution in [3.8, 4) is 5.75 Å². The van der Waals surface area contributed by atoms with Gasteiger partial charge in [0.2, 0.25) is 0 Å². The highest BCUT2D eigenvalue weighted by molar-refractivity contribution is 5.82. The molecule has 0 aliphatic rings. The van der Waals surface area contributed by atoms with E-state index >= 15 is 0 Å². The number of fused-ring (bicyclic) bond motifs is 1. The molecule has 4 heteroatoms. The summed E-state index contributed by atoms with van der Waals surface area (Å²) >= 11 is 0. The van der Waals surface area contributed by atoms with Gasteiger partial charge in [-0.1, -0.05) is 0 Å². The zero-order chi connectivity index (χ0) is 11.0. The van der Waals surface area contributed by atoms with Crippen LogP contribution in [-0.2, 0) is 6.54 Å². The van der Waals surface area contributed by atoms with Crippen LogP contribution < -0.4 is 11.4 Å². The van der Waals surface area contributed by atoms with Crippen molar-refractivity contribution >= 4 is 11.0 Å². The maximum absolute atomic E-state index is 11.5. The van der Waals surface area contributed by atoms with Crippen molar-refractivity contribution in [2.45, 2.75) is 13.5 Å². The van der Waals surface area contributed by atoms with Gasteiger partial charge in [-0.2, -0.15) is 0 Å². The summed E-state index contributed by atoms with van der Waals surface area (Å²) in [6, 6.07) is 4.68. The molecule has 0 amide bonds. The molecule has 4 nitrogen and oxygen atoms in total. The van der Waals surface area contributed by atoms with Gasteiger partial charge >= 0.3 is 5.63 Å². The quantitative estimate of drug-likeness (QED) is 0.687. The number of aromatic hydroxyl groups is 1. The van der Waals surface area contributed by atoms with Crippen LogP contribution >= 0.6 is 0 Å². The van der Waals surface area contributed by atoms with Crippen LogP contribution in [0.2, 0.25) is 0 Å².